The highest BCUT2D eigenvalue weighted by Crippen LogP contribution is 2.30. The number of hydrogen-bond donors (Lipinski definition) is 3. The molecule has 0 aliphatic carbocycles. The van der Waals surface area contributed by atoms with Crippen LogP contribution in [0.25, 0.3) is 0 Å². The fourth-order valence-corrected chi connectivity index (χ4v) is 3.91. The molecule has 0 aromatic heterocycles. The maximum absolute atomic E-state index is 12.9. The second kappa shape index (κ2) is 11.1. The first-order chi connectivity index (χ1) is 15.1. The van der Waals surface area contributed by atoms with Gasteiger partial charge in [-0.15, -0.1) is 0 Å². The summed E-state index contributed by atoms with van der Waals surface area (Å²) in [5.41, 5.74) is 2.54. The number of unbranched alkanes of at least 4 members (excludes halogenated alkanes) is 1. The number of nitrogens with zero attached hydrogens (tertiary/aromatic N) is 2. The molecule has 1 heterocycles. The quantitative estimate of drug-likeness (QED) is 0.219. The van der Waals surface area contributed by atoms with Crippen molar-refractivity contribution in [1.29, 1.82) is 0 Å². The van der Waals surface area contributed by atoms with Crippen molar-refractivity contribution >= 4 is 23.9 Å². The summed E-state index contributed by atoms with van der Waals surface area (Å²) in [6.45, 7) is 7.52. The van der Waals surface area contributed by atoms with Gasteiger partial charge in [0.15, 0.2) is 0 Å². The van der Waals surface area contributed by atoms with E-state index in [0.29, 0.717) is 11.4 Å². The van der Waals surface area contributed by atoms with Gasteiger partial charge in [0.05, 0.1) is 0 Å². The third-order valence-corrected chi connectivity index (χ3v) is 5.77. The van der Waals surface area contributed by atoms with Crippen molar-refractivity contribution in [3.05, 3.63) is 35.9 Å². The minimum atomic E-state index is -1.17. The highest BCUT2D eigenvalue weighted by Gasteiger charge is 2.47. The van der Waals surface area contributed by atoms with Crippen LogP contribution in [0.4, 0.5) is 9.59 Å². The molecule has 32 heavy (non-hydrogen) atoms. The molecule has 0 saturated carbocycles. The molecule has 0 spiro atoms. The molecule has 6 amide bonds. The molecule has 0 bridgehead atoms. The van der Waals surface area contributed by atoms with E-state index >= 15 is 0 Å². The number of hydrogen-bond acceptors (Lipinski definition) is 5. The summed E-state index contributed by atoms with van der Waals surface area (Å²) in [6.07, 6.45) is 4.40. The summed E-state index contributed by atoms with van der Waals surface area (Å²) in [7, 11) is 0. The monoisotopic (exact) mass is 446 g/mol. The highest BCUT2D eigenvalue weighted by molar-refractivity contribution is 6.07. The Morgan fingerprint density at radius 2 is 1.81 bits per heavy atom. The van der Waals surface area contributed by atoms with Crippen LogP contribution in [-0.4, -0.2) is 45.1 Å². The van der Waals surface area contributed by atoms with E-state index in [1.807, 2.05) is 18.2 Å². The molecule has 3 N–H and O–H groups in total. The van der Waals surface area contributed by atoms with Crippen LogP contribution in [0.1, 0.15) is 65.4 Å². The van der Waals surface area contributed by atoms with Crippen LogP contribution in [0.5, 0.6) is 0 Å². The second-order valence-electron chi connectivity index (χ2n) is 9.31. The van der Waals surface area contributed by atoms with Gasteiger partial charge in [-0.05, 0) is 42.6 Å². The Balaban J connectivity index is 1.96. The second-order valence-corrected chi connectivity index (χ2v) is 9.31. The molecule has 1 aromatic rings. The zero-order chi connectivity index (χ0) is 23.9. The molecule has 9 heteroatoms. The summed E-state index contributed by atoms with van der Waals surface area (Å²) < 4.78 is 0. The molecule has 1 aliphatic heterocycles. The van der Waals surface area contributed by atoms with Gasteiger partial charge >= 0.3 is 12.1 Å². The van der Waals surface area contributed by atoms with Crippen molar-refractivity contribution < 1.29 is 24.4 Å². The molecule has 1 saturated heterocycles. The molecule has 2 rings (SSSR count). The zero-order valence-electron chi connectivity index (χ0n) is 19.3. The normalized spacial score (nSPS) is 16.3. The molecule has 1 aromatic carbocycles. The van der Waals surface area contributed by atoms with Crippen molar-refractivity contribution in [1.82, 2.24) is 20.8 Å². The number of benzene rings is 1. The van der Waals surface area contributed by atoms with Crippen LogP contribution < -0.4 is 10.8 Å². The SMILES string of the molecule is CC(C)[C@H]1C(=O)NC(=O)N1N(C(=O)CCC(C)(C)CCCCc1ccccc1)C(=O)NO. The molecule has 1 atom stereocenters. The largest absolute Gasteiger partial charge is 0.367 e. The number of imide groups is 2. The van der Waals surface area contributed by atoms with Crippen molar-refractivity contribution in [2.75, 3.05) is 0 Å². The van der Waals surface area contributed by atoms with Gasteiger partial charge in [-0.1, -0.05) is 64.4 Å². The maximum atomic E-state index is 12.9. The standard InChI is InChI=1S/C23H34N4O5/c1-16(2)19-20(29)24-21(30)27(19)26(22(31)25-32)18(28)13-15-23(3,4)14-9-8-12-17-10-6-5-7-11-17/h5-7,10-11,16,19,32H,8-9,12-15H2,1-4H3,(H,25,31)(H,24,29,30)/t19-/m0/s1. The van der Waals surface area contributed by atoms with Crippen LogP contribution in [0.15, 0.2) is 30.3 Å². The summed E-state index contributed by atoms with van der Waals surface area (Å²) in [5, 5.41) is 12.6. The predicted octanol–water partition coefficient (Wildman–Crippen LogP) is 3.62. The molecule has 176 valence electrons. The van der Waals surface area contributed by atoms with Crippen molar-refractivity contribution in [2.24, 2.45) is 11.3 Å². The van der Waals surface area contributed by atoms with Crippen molar-refractivity contribution in [3.8, 4) is 0 Å². The molecular weight excluding hydrogens is 412 g/mol. The van der Waals surface area contributed by atoms with E-state index in [4.69, 9.17) is 5.21 Å². The van der Waals surface area contributed by atoms with E-state index < -0.39 is 29.9 Å². The van der Waals surface area contributed by atoms with Crippen LogP contribution in [0.3, 0.4) is 0 Å². The van der Waals surface area contributed by atoms with Gasteiger partial charge in [-0.3, -0.25) is 20.1 Å². The van der Waals surface area contributed by atoms with Gasteiger partial charge in [-0.25, -0.2) is 20.1 Å². The number of carbonyl (C=O) groups excluding carboxylic acids is 4. The Bertz CT molecular complexity index is 825. The number of urea groups is 2. The third kappa shape index (κ3) is 6.53. The lowest BCUT2D eigenvalue weighted by molar-refractivity contribution is -0.143. The minimum absolute atomic E-state index is 0.0120. The van der Waals surface area contributed by atoms with Gasteiger partial charge in [0.25, 0.3) is 5.91 Å². The number of nitrogens with one attached hydrogen (secondary N) is 2. The number of rotatable bonds is 10. The number of aryl methyl sites for hydroxylation is 1. The smallest absolute Gasteiger partial charge is 0.287 e. The molecule has 9 nitrogen and oxygen atoms in total. The van der Waals surface area contributed by atoms with Gasteiger partial charge in [0, 0.05) is 6.42 Å². The molecule has 1 fully saturated rings. The highest BCUT2D eigenvalue weighted by atomic mass is 16.5. The molecule has 0 unspecified atom stereocenters. The first kappa shape index (κ1) is 25.3. The Labute approximate surface area is 189 Å². The summed E-state index contributed by atoms with van der Waals surface area (Å²) in [6, 6.07) is 7.19. The minimum Gasteiger partial charge on any atom is -0.287 e. The van der Waals surface area contributed by atoms with Gasteiger partial charge in [0.1, 0.15) is 6.04 Å². The van der Waals surface area contributed by atoms with Gasteiger partial charge < -0.3 is 0 Å². The van der Waals surface area contributed by atoms with Crippen molar-refractivity contribution in [3.63, 3.8) is 0 Å². The average Bonchev–Trinajstić information content (AvgIpc) is 3.04. The van der Waals surface area contributed by atoms with Crippen LogP contribution in [0.2, 0.25) is 0 Å². The first-order valence-corrected chi connectivity index (χ1v) is 11.0. The Hall–Kier alpha value is -2.94. The van der Waals surface area contributed by atoms with Crippen LogP contribution in [0, 0.1) is 11.3 Å². The zero-order valence-corrected chi connectivity index (χ0v) is 19.3. The predicted molar refractivity (Wildman–Crippen MR) is 118 cm³/mol. The lowest BCUT2D eigenvalue weighted by Gasteiger charge is -2.34. The molecular formula is C23H34N4O5. The van der Waals surface area contributed by atoms with E-state index in [9.17, 15) is 19.2 Å². The van der Waals surface area contributed by atoms with Gasteiger partial charge in [-0.2, -0.15) is 5.01 Å². The average molecular weight is 447 g/mol. The molecule has 1 aliphatic rings. The lowest BCUT2D eigenvalue weighted by atomic mass is 9.82. The van der Waals surface area contributed by atoms with E-state index in [0.717, 1.165) is 30.7 Å². The van der Waals surface area contributed by atoms with E-state index in [1.54, 1.807) is 13.8 Å². The number of hydrazine groups is 1. The fourth-order valence-electron chi connectivity index (χ4n) is 3.91. The third-order valence-electron chi connectivity index (χ3n) is 5.77. The van der Waals surface area contributed by atoms with Crippen molar-refractivity contribution in [2.45, 2.75) is 72.3 Å². The number of hydroxylamine groups is 1. The summed E-state index contributed by atoms with van der Waals surface area (Å²) >= 11 is 0. The van der Waals surface area contributed by atoms with E-state index in [2.05, 4.69) is 31.3 Å². The van der Waals surface area contributed by atoms with E-state index in [1.165, 1.54) is 11.0 Å². The van der Waals surface area contributed by atoms with Gasteiger partial charge in [0.2, 0.25) is 5.91 Å². The Kier molecular flexibility index (Phi) is 8.77. The topological polar surface area (TPSA) is 119 Å². The maximum Gasteiger partial charge on any atom is 0.367 e. The lowest BCUT2D eigenvalue weighted by Crippen LogP contribution is -2.58. The summed E-state index contributed by atoms with van der Waals surface area (Å²) in [4.78, 5) is 49.6. The van der Waals surface area contributed by atoms with Crippen LogP contribution >= 0.6 is 0 Å². The van der Waals surface area contributed by atoms with E-state index in [-0.39, 0.29) is 17.8 Å². The summed E-state index contributed by atoms with van der Waals surface area (Å²) in [5.74, 6) is -1.60. The van der Waals surface area contributed by atoms with Crippen LogP contribution in [-0.2, 0) is 16.0 Å². The first-order valence-electron chi connectivity index (χ1n) is 11.0. The number of amides is 6. The Morgan fingerprint density at radius 3 is 2.41 bits per heavy atom. The fraction of sp³-hybridized carbons (Fsp3) is 0.565. The number of carbonyl (C=O) groups is 4. The Morgan fingerprint density at radius 1 is 1.16 bits per heavy atom. The molecule has 0 radical (unpaired) electrons.